The Hall–Kier alpha value is -0.900. The molecule has 0 aliphatic rings. The van der Waals surface area contributed by atoms with E-state index >= 15 is 0 Å². The molecule has 0 saturated carbocycles. The fourth-order valence-electron chi connectivity index (χ4n) is 1.80. The Bertz CT molecular complexity index is 349. The first-order chi connectivity index (χ1) is 9.95. The van der Waals surface area contributed by atoms with Gasteiger partial charge in [-0.2, -0.15) is 0 Å². The van der Waals surface area contributed by atoms with Gasteiger partial charge >= 0.3 is 0 Å². The molecular formula is C18H32O3. The summed E-state index contributed by atoms with van der Waals surface area (Å²) in [5.41, 5.74) is 4.12. The number of hydrogen-bond donors (Lipinski definition) is 2. The molecule has 0 fully saturated rings. The van der Waals surface area contributed by atoms with Crippen LogP contribution in [0.5, 0.6) is 0 Å². The van der Waals surface area contributed by atoms with Crippen LogP contribution in [-0.2, 0) is 4.74 Å². The molecule has 3 heteroatoms. The largest absolute Gasteiger partial charge is 0.394 e. The highest BCUT2D eigenvalue weighted by molar-refractivity contribution is 5.05. The average molecular weight is 296 g/mol. The second-order valence-electron chi connectivity index (χ2n) is 5.83. The lowest BCUT2D eigenvalue weighted by atomic mass is 10.1. The highest BCUT2D eigenvalue weighted by Gasteiger charge is 1.99. The molecule has 1 atom stereocenters. The van der Waals surface area contributed by atoms with Gasteiger partial charge in [0.25, 0.3) is 0 Å². The van der Waals surface area contributed by atoms with Crippen molar-refractivity contribution in [1.82, 2.24) is 0 Å². The van der Waals surface area contributed by atoms with E-state index in [0.717, 1.165) is 25.7 Å². The van der Waals surface area contributed by atoms with Crippen molar-refractivity contribution >= 4 is 0 Å². The lowest BCUT2D eigenvalue weighted by Crippen LogP contribution is -2.19. The van der Waals surface area contributed by atoms with Gasteiger partial charge in [0.2, 0.25) is 0 Å². The highest BCUT2D eigenvalue weighted by Crippen LogP contribution is 2.11. The topological polar surface area (TPSA) is 49.7 Å². The van der Waals surface area contributed by atoms with Crippen molar-refractivity contribution in [2.45, 2.75) is 59.5 Å². The predicted octanol–water partition coefficient (Wildman–Crippen LogP) is 3.78. The van der Waals surface area contributed by atoms with Crippen LogP contribution >= 0.6 is 0 Å². The fraction of sp³-hybridized carbons (Fsp3) is 0.667. The van der Waals surface area contributed by atoms with Crippen LogP contribution in [0.2, 0.25) is 0 Å². The Labute approximate surface area is 130 Å². The molecule has 0 aliphatic carbocycles. The van der Waals surface area contributed by atoms with Crippen LogP contribution in [0.4, 0.5) is 0 Å². The fourth-order valence-corrected chi connectivity index (χ4v) is 1.80. The van der Waals surface area contributed by atoms with Gasteiger partial charge < -0.3 is 14.9 Å². The van der Waals surface area contributed by atoms with Crippen LogP contribution in [0.1, 0.15) is 53.4 Å². The van der Waals surface area contributed by atoms with Gasteiger partial charge in [-0.05, 0) is 53.4 Å². The van der Waals surface area contributed by atoms with E-state index in [4.69, 9.17) is 14.9 Å². The molecule has 0 unspecified atom stereocenters. The van der Waals surface area contributed by atoms with Gasteiger partial charge in [0.05, 0.1) is 19.8 Å². The third-order valence-electron chi connectivity index (χ3n) is 3.19. The Morgan fingerprint density at radius 3 is 2.10 bits per heavy atom. The maximum Gasteiger partial charge on any atom is 0.100 e. The van der Waals surface area contributed by atoms with Gasteiger partial charge in [-0.3, -0.25) is 0 Å². The molecule has 0 rings (SSSR count). The predicted molar refractivity (Wildman–Crippen MR) is 89.3 cm³/mol. The van der Waals surface area contributed by atoms with Gasteiger partial charge in [-0.25, -0.2) is 0 Å². The van der Waals surface area contributed by atoms with E-state index in [2.05, 4.69) is 39.8 Å². The van der Waals surface area contributed by atoms with Crippen LogP contribution in [-0.4, -0.2) is 36.1 Å². The number of ether oxygens (including phenoxy) is 1. The monoisotopic (exact) mass is 296 g/mol. The second kappa shape index (κ2) is 12.8. The third kappa shape index (κ3) is 13.8. The molecular weight excluding hydrogens is 264 g/mol. The summed E-state index contributed by atoms with van der Waals surface area (Å²) in [5, 5.41) is 17.8. The minimum Gasteiger partial charge on any atom is -0.394 e. The number of aliphatic hydroxyl groups excluding tert-OH is 2. The SMILES string of the molecule is CC(C)=CCC/C(C)=C/CC/C(C)=C/COC[C@H](O)CO. The summed E-state index contributed by atoms with van der Waals surface area (Å²) in [5.74, 6) is 0. The minimum atomic E-state index is -0.773. The normalized spacial score (nSPS) is 14.2. The molecule has 21 heavy (non-hydrogen) atoms. The first-order valence-electron chi connectivity index (χ1n) is 7.77. The summed E-state index contributed by atoms with van der Waals surface area (Å²) in [6, 6.07) is 0. The molecule has 0 saturated heterocycles. The number of aliphatic hydroxyl groups is 2. The molecule has 0 radical (unpaired) electrons. The first-order valence-corrected chi connectivity index (χ1v) is 7.77. The summed E-state index contributed by atoms with van der Waals surface area (Å²) < 4.78 is 5.25. The van der Waals surface area contributed by atoms with Gasteiger partial charge in [-0.15, -0.1) is 0 Å². The summed E-state index contributed by atoms with van der Waals surface area (Å²) in [4.78, 5) is 0. The standard InChI is InChI=1S/C18H32O3/c1-15(2)7-5-8-16(3)9-6-10-17(4)11-12-21-14-18(20)13-19/h7,9,11,18-20H,5-6,8,10,12-14H2,1-4H3/b16-9+,17-11+/t18-/m1/s1. The minimum absolute atomic E-state index is 0.184. The molecule has 0 spiro atoms. The average Bonchev–Trinajstić information content (AvgIpc) is 2.42. The summed E-state index contributed by atoms with van der Waals surface area (Å²) in [6.45, 7) is 8.98. The Kier molecular flexibility index (Phi) is 12.3. The highest BCUT2D eigenvalue weighted by atomic mass is 16.5. The quantitative estimate of drug-likeness (QED) is 0.451. The molecule has 0 aromatic carbocycles. The molecule has 0 aromatic rings. The molecule has 0 aliphatic heterocycles. The summed E-state index contributed by atoms with van der Waals surface area (Å²) >= 11 is 0. The Morgan fingerprint density at radius 2 is 1.52 bits per heavy atom. The molecule has 0 heterocycles. The van der Waals surface area contributed by atoms with E-state index in [1.807, 2.05) is 6.08 Å². The zero-order valence-corrected chi connectivity index (χ0v) is 14.1. The maximum absolute atomic E-state index is 9.12. The van der Waals surface area contributed by atoms with Crippen molar-refractivity contribution in [2.24, 2.45) is 0 Å². The number of rotatable bonds is 11. The first kappa shape index (κ1) is 20.1. The lowest BCUT2D eigenvalue weighted by molar-refractivity contribution is 0.0148. The van der Waals surface area contributed by atoms with Gasteiger partial charge in [-0.1, -0.05) is 34.9 Å². The Morgan fingerprint density at radius 1 is 0.952 bits per heavy atom. The molecule has 0 bridgehead atoms. The van der Waals surface area contributed by atoms with Crippen molar-refractivity contribution in [2.75, 3.05) is 19.8 Å². The number of hydrogen-bond acceptors (Lipinski definition) is 3. The molecule has 3 nitrogen and oxygen atoms in total. The number of allylic oxidation sites excluding steroid dienone is 5. The van der Waals surface area contributed by atoms with E-state index in [0.29, 0.717) is 6.61 Å². The van der Waals surface area contributed by atoms with E-state index in [9.17, 15) is 0 Å². The third-order valence-corrected chi connectivity index (χ3v) is 3.19. The van der Waals surface area contributed by atoms with Crippen LogP contribution in [0.25, 0.3) is 0 Å². The van der Waals surface area contributed by atoms with E-state index in [1.165, 1.54) is 16.7 Å². The van der Waals surface area contributed by atoms with Crippen molar-refractivity contribution in [1.29, 1.82) is 0 Å². The summed E-state index contributed by atoms with van der Waals surface area (Å²) in [7, 11) is 0. The van der Waals surface area contributed by atoms with Crippen LogP contribution < -0.4 is 0 Å². The van der Waals surface area contributed by atoms with Crippen LogP contribution in [0, 0.1) is 0 Å². The van der Waals surface area contributed by atoms with E-state index < -0.39 is 6.10 Å². The molecule has 122 valence electrons. The zero-order valence-electron chi connectivity index (χ0n) is 14.1. The van der Waals surface area contributed by atoms with E-state index in [-0.39, 0.29) is 13.2 Å². The second-order valence-corrected chi connectivity index (χ2v) is 5.83. The van der Waals surface area contributed by atoms with Crippen molar-refractivity contribution in [3.05, 3.63) is 34.9 Å². The van der Waals surface area contributed by atoms with Gasteiger partial charge in [0.1, 0.15) is 6.10 Å². The molecule has 0 aromatic heterocycles. The zero-order chi connectivity index (χ0) is 16.1. The van der Waals surface area contributed by atoms with Crippen LogP contribution in [0.3, 0.4) is 0 Å². The van der Waals surface area contributed by atoms with Crippen molar-refractivity contribution in [3.8, 4) is 0 Å². The van der Waals surface area contributed by atoms with Crippen molar-refractivity contribution in [3.63, 3.8) is 0 Å². The smallest absolute Gasteiger partial charge is 0.100 e. The lowest BCUT2D eigenvalue weighted by Gasteiger charge is -2.06. The molecule has 0 amide bonds. The van der Waals surface area contributed by atoms with E-state index in [1.54, 1.807) is 0 Å². The van der Waals surface area contributed by atoms with Crippen molar-refractivity contribution < 1.29 is 14.9 Å². The molecule has 2 N–H and O–H groups in total. The van der Waals surface area contributed by atoms with Gasteiger partial charge in [0.15, 0.2) is 0 Å². The maximum atomic E-state index is 9.12. The van der Waals surface area contributed by atoms with Gasteiger partial charge in [0, 0.05) is 0 Å². The van der Waals surface area contributed by atoms with Crippen LogP contribution in [0.15, 0.2) is 34.9 Å². The Balaban J connectivity index is 3.80. The summed E-state index contributed by atoms with van der Waals surface area (Å²) in [6.07, 6.45) is 10.2.